The SMILES string of the molecule is C[C@H]1CC=C(C2=[C-]CCC=C2)[N-]C1.[2H]C([2H])([2H])[C@@H]1CCC2C(N1)OC1=C([C@H]3CC=C4SC(C([2H])([2H])C(C)(C)C)=C(C)C4[N-]3)[CH-]CC[C@H]12.[Ir]. The second-order valence-electron chi connectivity index (χ2n) is 13.9. The smallest absolute Gasteiger partial charge is 0.131 e. The zero-order chi connectivity index (χ0) is 33.7. The summed E-state index contributed by atoms with van der Waals surface area (Å²) in [5.74, 6) is 2.39. The number of rotatable bonds is 3. The number of hydrogen-bond acceptors (Lipinski definition) is 3. The van der Waals surface area contributed by atoms with Crippen LogP contribution in [0.4, 0.5) is 0 Å². The molecule has 5 heterocycles. The van der Waals surface area contributed by atoms with Crippen molar-refractivity contribution in [1.29, 1.82) is 0 Å². The molecule has 7 rings (SSSR count). The summed E-state index contributed by atoms with van der Waals surface area (Å²) in [5.41, 5.74) is 4.07. The molecule has 0 aromatic heterocycles. The molecule has 0 amide bonds. The number of ether oxygens (including phenoxy) is 1. The first-order chi connectivity index (χ1) is 22.1. The number of allylic oxidation sites excluding steroid dienone is 6. The van der Waals surface area contributed by atoms with E-state index < -0.39 is 24.7 Å². The van der Waals surface area contributed by atoms with Crippen LogP contribution in [0.3, 0.4) is 0 Å². The van der Waals surface area contributed by atoms with Gasteiger partial charge in [-0.25, -0.2) is 18.1 Å². The van der Waals surface area contributed by atoms with Crippen LogP contribution in [-0.4, -0.2) is 30.9 Å². The van der Waals surface area contributed by atoms with Gasteiger partial charge in [-0.3, -0.25) is 11.0 Å². The molecule has 2 aliphatic carbocycles. The largest absolute Gasteiger partial charge is 0.742 e. The van der Waals surface area contributed by atoms with E-state index in [0.717, 1.165) is 84.2 Å². The summed E-state index contributed by atoms with van der Waals surface area (Å²) in [7, 11) is 0. The molecule has 2 saturated heterocycles. The summed E-state index contributed by atoms with van der Waals surface area (Å²) in [4.78, 5) is 1.96. The number of nitrogens with one attached hydrogen (secondary N) is 1. The molecule has 4 nitrogen and oxygen atoms in total. The Labute approximate surface area is 286 Å². The number of thioether (sulfide) groups is 1. The van der Waals surface area contributed by atoms with Crippen molar-refractivity contribution < 1.29 is 31.7 Å². The predicted octanol–water partition coefficient (Wildman–Crippen LogP) is 9.82. The monoisotopic (exact) mass is 783 g/mol. The average molecular weight is 783 g/mol. The second-order valence-corrected chi connectivity index (χ2v) is 15.0. The van der Waals surface area contributed by atoms with Gasteiger partial charge in [0.2, 0.25) is 0 Å². The Kier molecular flexibility index (Phi) is 8.84. The molecule has 7 atom stereocenters. The van der Waals surface area contributed by atoms with Crippen LogP contribution in [0.15, 0.2) is 62.3 Å². The first-order valence-electron chi connectivity index (χ1n) is 18.6. The normalized spacial score (nSPS) is 37.3. The Balaban J connectivity index is 0.000000270. The number of nitrogens with zero attached hydrogens (tertiary/aromatic N) is 2. The van der Waals surface area contributed by atoms with Crippen LogP contribution < -0.4 is 5.32 Å². The Morgan fingerprint density at radius 2 is 2.09 bits per heavy atom. The maximum atomic E-state index is 8.79. The third kappa shape index (κ3) is 7.63. The summed E-state index contributed by atoms with van der Waals surface area (Å²) < 4.78 is 47.5. The fourth-order valence-corrected chi connectivity index (χ4v) is 8.41. The third-order valence-corrected chi connectivity index (χ3v) is 10.5. The second kappa shape index (κ2) is 14.1. The number of fused-ring (bicyclic) bond motifs is 4. The zero-order valence-electron chi connectivity index (χ0n) is 31.3. The molecule has 3 unspecified atom stereocenters. The molecule has 2 fully saturated rings. The Morgan fingerprint density at radius 1 is 1.23 bits per heavy atom. The first-order valence-corrected chi connectivity index (χ1v) is 16.9. The van der Waals surface area contributed by atoms with Gasteiger partial charge in [-0.15, -0.1) is 36.8 Å². The molecular weight excluding hydrogens is 727 g/mol. The van der Waals surface area contributed by atoms with Gasteiger partial charge in [0, 0.05) is 38.9 Å². The molecule has 0 spiro atoms. The van der Waals surface area contributed by atoms with Crippen molar-refractivity contribution in [1.82, 2.24) is 5.32 Å². The summed E-state index contributed by atoms with van der Waals surface area (Å²) >= 11 is 1.57. The number of piperidine rings is 1. The van der Waals surface area contributed by atoms with Gasteiger partial charge in [-0.05, 0) is 72.7 Å². The van der Waals surface area contributed by atoms with Crippen molar-refractivity contribution in [2.45, 2.75) is 124 Å². The Bertz CT molecular complexity index is 1410. The maximum Gasteiger partial charge on any atom is 0.131 e. The standard InChI is InChI=1S/C25H36N2OS.C12H15N.Ir/c1-14-9-10-17-16-7-6-8-18(23(16)28-24(17)26-14)19-11-12-20-22(27-19)15(2)21(29-20)13-25(3,4)5;1-10-7-8-12(13-9-10)11-5-3-2-4-6-11;/h8,12,14,16-17,19,22,24,26H,6-7,9-11,13H2,1-5H3;3,5,8,10H,2,4,7,9H2,1H3;/q2*-2;/t14-,16+,17?,19-,22?,24?;10-;/m10./s1/i1D3,13D2;;. The van der Waals surface area contributed by atoms with E-state index in [2.05, 4.69) is 54.4 Å². The van der Waals surface area contributed by atoms with Gasteiger partial charge in [0.15, 0.2) is 0 Å². The molecule has 0 saturated carbocycles. The third-order valence-electron chi connectivity index (χ3n) is 9.23. The topological polar surface area (TPSA) is 49.5 Å². The van der Waals surface area contributed by atoms with Crippen LogP contribution >= 0.6 is 11.8 Å². The zero-order valence-corrected chi connectivity index (χ0v) is 29.5. The molecule has 7 aliphatic rings. The minimum atomic E-state index is -2.01. The maximum absolute atomic E-state index is 8.79. The quantitative estimate of drug-likeness (QED) is 0.290. The average Bonchev–Trinajstić information content (AvgIpc) is 3.58. The van der Waals surface area contributed by atoms with Crippen molar-refractivity contribution in [2.75, 3.05) is 6.54 Å². The molecule has 1 radical (unpaired) electrons. The van der Waals surface area contributed by atoms with E-state index in [1.807, 2.05) is 27.7 Å². The van der Waals surface area contributed by atoms with Crippen LogP contribution in [0.5, 0.6) is 0 Å². The minimum absolute atomic E-state index is 0. The van der Waals surface area contributed by atoms with Crippen molar-refractivity contribution in [2.24, 2.45) is 23.2 Å². The van der Waals surface area contributed by atoms with E-state index in [-0.39, 0.29) is 38.4 Å². The van der Waals surface area contributed by atoms with Gasteiger partial charge in [-0.1, -0.05) is 70.6 Å². The van der Waals surface area contributed by atoms with Gasteiger partial charge in [0.1, 0.15) is 6.23 Å². The first kappa shape index (κ1) is 27.0. The van der Waals surface area contributed by atoms with Gasteiger partial charge in [-0.2, -0.15) is 17.7 Å². The predicted molar refractivity (Wildman–Crippen MR) is 177 cm³/mol. The molecule has 0 bridgehead atoms. The fourth-order valence-electron chi connectivity index (χ4n) is 7.01. The van der Waals surface area contributed by atoms with Gasteiger partial charge < -0.3 is 15.4 Å². The summed E-state index contributed by atoms with van der Waals surface area (Å²) in [6.07, 6.45) is 20.6. The van der Waals surface area contributed by atoms with E-state index in [1.54, 1.807) is 11.8 Å². The van der Waals surface area contributed by atoms with Crippen LogP contribution in [-0.2, 0) is 24.8 Å². The van der Waals surface area contributed by atoms with E-state index in [9.17, 15) is 0 Å². The molecule has 0 aromatic carbocycles. The van der Waals surface area contributed by atoms with Crippen LogP contribution in [0, 0.1) is 35.7 Å². The molecule has 43 heavy (non-hydrogen) atoms. The molecular formula is C37H51IrN3OS-4. The van der Waals surface area contributed by atoms with Crippen LogP contribution in [0.1, 0.15) is 106 Å². The van der Waals surface area contributed by atoms with Crippen molar-refractivity contribution in [3.8, 4) is 0 Å². The van der Waals surface area contributed by atoms with E-state index >= 15 is 0 Å². The van der Waals surface area contributed by atoms with Crippen molar-refractivity contribution >= 4 is 11.8 Å². The van der Waals surface area contributed by atoms with Crippen LogP contribution in [0.25, 0.3) is 10.6 Å². The van der Waals surface area contributed by atoms with E-state index in [4.69, 9.17) is 16.9 Å². The van der Waals surface area contributed by atoms with Crippen molar-refractivity contribution in [3.63, 3.8) is 0 Å². The van der Waals surface area contributed by atoms with Gasteiger partial charge >= 0.3 is 0 Å². The Morgan fingerprint density at radius 3 is 2.81 bits per heavy atom. The summed E-state index contributed by atoms with van der Waals surface area (Å²) in [6, 6.07) is -0.591. The molecule has 0 aromatic rings. The Hall–Kier alpha value is -1.17. The van der Waals surface area contributed by atoms with E-state index in [1.165, 1.54) is 11.1 Å². The van der Waals surface area contributed by atoms with E-state index in [0.29, 0.717) is 18.3 Å². The van der Waals surface area contributed by atoms with Crippen LogP contribution in [0.2, 0.25) is 0 Å². The molecule has 239 valence electrons. The van der Waals surface area contributed by atoms with Gasteiger partial charge in [0.05, 0.1) is 0 Å². The molecule has 1 N–H and O–H groups in total. The van der Waals surface area contributed by atoms with Crippen molar-refractivity contribution in [3.05, 3.63) is 85.4 Å². The molecule has 6 heteroatoms. The number of hydrogen-bond donors (Lipinski definition) is 1. The molecule has 5 aliphatic heterocycles. The fraction of sp³-hybridized carbons (Fsp3) is 0.649. The van der Waals surface area contributed by atoms with Gasteiger partial charge in [0.25, 0.3) is 0 Å². The summed E-state index contributed by atoms with van der Waals surface area (Å²) in [5, 5.41) is 13.1. The minimum Gasteiger partial charge on any atom is -0.742 e. The summed E-state index contributed by atoms with van der Waals surface area (Å²) in [6.45, 7) is 9.11.